The molecule has 0 saturated carbocycles. The number of hydrogen-bond acceptors (Lipinski definition) is 2. The van der Waals surface area contributed by atoms with Crippen molar-refractivity contribution < 1.29 is 18.0 Å². The molecule has 1 aromatic heterocycles. The van der Waals surface area contributed by atoms with Crippen LogP contribution in [-0.2, 0) is 24.4 Å². The second-order valence-electron chi connectivity index (χ2n) is 3.38. The van der Waals surface area contributed by atoms with Crippen LogP contribution in [0, 0.1) is 0 Å². The van der Waals surface area contributed by atoms with E-state index >= 15 is 0 Å². The van der Waals surface area contributed by atoms with Gasteiger partial charge in [0, 0.05) is 25.2 Å². The van der Waals surface area contributed by atoms with E-state index in [2.05, 4.69) is 5.10 Å². The van der Waals surface area contributed by atoms with Crippen LogP contribution < -0.4 is 0 Å². The molecular weight excluding hydrogens is 209 g/mol. The third kappa shape index (κ3) is 3.07. The van der Waals surface area contributed by atoms with Gasteiger partial charge in [-0.25, -0.2) is 0 Å². The fourth-order valence-electron chi connectivity index (χ4n) is 1.27. The maximum atomic E-state index is 12.4. The Morgan fingerprint density at radius 1 is 1.53 bits per heavy atom. The SMILES string of the molecule is CC(=O)CCc1cn(C)nc1C(F)(F)F. The first-order chi connectivity index (χ1) is 6.80. The number of Topliss-reactive ketones (excluding diaryl/α,β-unsaturated/α-hetero) is 1. The largest absolute Gasteiger partial charge is 0.435 e. The van der Waals surface area contributed by atoms with Crippen molar-refractivity contribution in [3.05, 3.63) is 17.5 Å². The fourth-order valence-corrected chi connectivity index (χ4v) is 1.27. The van der Waals surface area contributed by atoms with E-state index in [0.717, 1.165) is 4.68 Å². The highest BCUT2D eigenvalue weighted by molar-refractivity contribution is 5.75. The molecule has 1 aromatic rings. The Morgan fingerprint density at radius 2 is 2.13 bits per heavy atom. The zero-order valence-corrected chi connectivity index (χ0v) is 8.43. The molecule has 0 radical (unpaired) electrons. The second kappa shape index (κ2) is 4.04. The molecular formula is C9H11F3N2O. The van der Waals surface area contributed by atoms with E-state index in [9.17, 15) is 18.0 Å². The molecule has 0 aliphatic rings. The predicted octanol–water partition coefficient (Wildman–Crippen LogP) is 1.96. The van der Waals surface area contributed by atoms with Crippen LogP contribution in [0.4, 0.5) is 13.2 Å². The fraction of sp³-hybridized carbons (Fsp3) is 0.556. The molecule has 1 rings (SSSR count). The molecule has 3 nitrogen and oxygen atoms in total. The van der Waals surface area contributed by atoms with Gasteiger partial charge in [-0.05, 0) is 13.3 Å². The molecule has 6 heteroatoms. The van der Waals surface area contributed by atoms with Crippen LogP contribution in [0.2, 0.25) is 0 Å². The monoisotopic (exact) mass is 220 g/mol. The van der Waals surface area contributed by atoms with Crippen molar-refractivity contribution in [2.24, 2.45) is 7.05 Å². The van der Waals surface area contributed by atoms with Gasteiger partial charge in [0.25, 0.3) is 0 Å². The van der Waals surface area contributed by atoms with E-state index in [0.29, 0.717) is 0 Å². The number of rotatable bonds is 3. The number of ketones is 1. The molecule has 0 fully saturated rings. The summed E-state index contributed by atoms with van der Waals surface area (Å²) in [6.45, 7) is 1.35. The van der Waals surface area contributed by atoms with Crippen LogP contribution in [0.3, 0.4) is 0 Å². The van der Waals surface area contributed by atoms with Crippen LogP contribution in [0.15, 0.2) is 6.20 Å². The Balaban J connectivity index is 2.91. The smallest absolute Gasteiger partial charge is 0.300 e. The average Bonchev–Trinajstić information content (AvgIpc) is 2.42. The van der Waals surface area contributed by atoms with Gasteiger partial charge in [0.2, 0.25) is 0 Å². The maximum Gasteiger partial charge on any atom is 0.435 e. The minimum Gasteiger partial charge on any atom is -0.300 e. The third-order valence-electron chi connectivity index (χ3n) is 1.92. The number of halogens is 3. The summed E-state index contributed by atoms with van der Waals surface area (Å²) < 4.78 is 38.4. The topological polar surface area (TPSA) is 34.9 Å². The molecule has 1 heterocycles. The Morgan fingerprint density at radius 3 is 2.60 bits per heavy atom. The summed E-state index contributed by atoms with van der Waals surface area (Å²) in [5.41, 5.74) is -0.827. The van der Waals surface area contributed by atoms with Crippen LogP contribution in [0.1, 0.15) is 24.6 Å². The highest BCUT2D eigenvalue weighted by atomic mass is 19.4. The summed E-state index contributed by atoms with van der Waals surface area (Å²) in [6.07, 6.45) is -2.97. The predicted molar refractivity (Wildman–Crippen MR) is 47.2 cm³/mol. The van der Waals surface area contributed by atoms with Crippen molar-refractivity contribution in [1.82, 2.24) is 9.78 Å². The Hall–Kier alpha value is -1.33. The van der Waals surface area contributed by atoms with Gasteiger partial charge in [-0.2, -0.15) is 18.3 Å². The lowest BCUT2D eigenvalue weighted by atomic mass is 10.1. The van der Waals surface area contributed by atoms with Gasteiger partial charge in [-0.3, -0.25) is 4.68 Å². The van der Waals surface area contributed by atoms with Crippen LogP contribution in [0.5, 0.6) is 0 Å². The summed E-state index contributed by atoms with van der Waals surface area (Å²) in [5.74, 6) is -0.132. The first-order valence-corrected chi connectivity index (χ1v) is 4.40. The summed E-state index contributed by atoms with van der Waals surface area (Å²) in [5, 5.41) is 3.34. The molecule has 0 saturated heterocycles. The van der Waals surface area contributed by atoms with E-state index < -0.39 is 11.9 Å². The first kappa shape index (κ1) is 11.7. The standard InChI is InChI=1S/C9H11F3N2O/c1-6(15)3-4-7-5-14(2)13-8(7)9(10,11)12/h5H,3-4H2,1-2H3. The molecule has 0 spiro atoms. The van der Waals surface area contributed by atoms with Gasteiger partial charge in [0.05, 0.1) is 0 Å². The number of alkyl halides is 3. The molecule has 0 unspecified atom stereocenters. The van der Waals surface area contributed by atoms with Gasteiger partial charge >= 0.3 is 6.18 Å². The van der Waals surface area contributed by atoms with Crippen molar-refractivity contribution in [2.75, 3.05) is 0 Å². The third-order valence-corrected chi connectivity index (χ3v) is 1.92. The first-order valence-electron chi connectivity index (χ1n) is 4.40. The lowest BCUT2D eigenvalue weighted by Crippen LogP contribution is -2.10. The van der Waals surface area contributed by atoms with Gasteiger partial charge in [0.15, 0.2) is 5.69 Å². The Bertz CT molecular complexity index is 368. The van der Waals surface area contributed by atoms with Crippen LogP contribution in [0.25, 0.3) is 0 Å². The van der Waals surface area contributed by atoms with E-state index in [1.165, 1.54) is 20.2 Å². The molecule has 0 aliphatic heterocycles. The molecule has 0 atom stereocenters. The minimum absolute atomic E-state index is 0.0696. The summed E-state index contributed by atoms with van der Waals surface area (Å²) >= 11 is 0. The summed E-state index contributed by atoms with van der Waals surface area (Å²) in [6, 6.07) is 0. The van der Waals surface area contributed by atoms with E-state index in [1.807, 2.05) is 0 Å². The highest BCUT2D eigenvalue weighted by Crippen LogP contribution is 2.30. The number of aromatic nitrogens is 2. The van der Waals surface area contributed by atoms with Crippen molar-refractivity contribution in [3.8, 4) is 0 Å². The Kier molecular flexibility index (Phi) is 3.16. The zero-order chi connectivity index (χ0) is 11.6. The molecule has 84 valence electrons. The Labute approximate surface area is 84.9 Å². The van der Waals surface area contributed by atoms with Gasteiger partial charge in [-0.1, -0.05) is 0 Å². The van der Waals surface area contributed by atoms with Gasteiger partial charge in [-0.15, -0.1) is 0 Å². The molecule has 0 aliphatic carbocycles. The molecule has 0 amide bonds. The zero-order valence-electron chi connectivity index (χ0n) is 8.43. The van der Waals surface area contributed by atoms with Gasteiger partial charge < -0.3 is 4.79 Å². The van der Waals surface area contributed by atoms with E-state index in [-0.39, 0.29) is 24.2 Å². The highest BCUT2D eigenvalue weighted by Gasteiger charge is 2.36. The van der Waals surface area contributed by atoms with Crippen molar-refractivity contribution in [1.29, 1.82) is 0 Å². The molecule has 0 aromatic carbocycles. The van der Waals surface area contributed by atoms with Crippen LogP contribution >= 0.6 is 0 Å². The lowest BCUT2D eigenvalue weighted by Gasteiger charge is -2.04. The van der Waals surface area contributed by atoms with E-state index in [4.69, 9.17) is 0 Å². The van der Waals surface area contributed by atoms with Gasteiger partial charge in [0.1, 0.15) is 5.78 Å². The lowest BCUT2D eigenvalue weighted by molar-refractivity contribution is -0.142. The van der Waals surface area contributed by atoms with Crippen molar-refractivity contribution >= 4 is 5.78 Å². The van der Waals surface area contributed by atoms with Crippen LogP contribution in [-0.4, -0.2) is 15.6 Å². The number of nitrogens with zero attached hydrogens (tertiary/aromatic N) is 2. The second-order valence-corrected chi connectivity index (χ2v) is 3.38. The van der Waals surface area contributed by atoms with Crippen molar-refractivity contribution in [3.63, 3.8) is 0 Å². The minimum atomic E-state index is -4.45. The normalized spacial score (nSPS) is 11.8. The number of carbonyl (C=O) groups is 1. The molecule has 0 N–H and O–H groups in total. The van der Waals surface area contributed by atoms with E-state index in [1.54, 1.807) is 0 Å². The average molecular weight is 220 g/mol. The molecule has 15 heavy (non-hydrogen) atoms. The quantitative estimate of drug-likeness (QED) is 0.780. The number of carbonyl (C=O) groups excluding carboxylic acids is 1. The van der Waals surface area contributed by atoms with Crippen molar-refractivity contribution in [2.45, 2.75) is 25.9 Å². The maximum absolute atomic E-state index is 12.4. The summed E-state index contributed by atoms with van der Waals surface area (Å²) in [4.78, 5) is 10.7. The summed E-state index contributed by atoms with van der Waals surface area (Å²) in [7, 11) is 1.42. The number of aryl methyl sites for hydroxylation is 2. The number of hydrogen-bond donors (Lipinski definition) is 0. The molecule has 0 bridgehead atoms.